The molecule has 0 fully saturated rings. The molecule has 0 aliphatic carbocycles. The lowest BCUT2D eigenvalue weighted by atomic mass is 10.2. The summed E-state index contributed by atoms with van der Waals surface area (Å²) >= 11 is 0. The predicted octanol–water partition coefficient (Wildman–Crippen LogP) is 1.11. The molecule has 1 aromatic heterocycles. The third-order valence-corrected chi connectivity index (χ3v) is 1.95. The first-order valence-corrected chi connectivity index (χ1v) is 4.57. The van der Waals surface area contributed by atoms with Crippen LogP contribution in [0.3, 0.4) is 0 Å². The molecule has 0 saturated heterocycles. The van der Waals surface area contributed by atoms with Crippen LogP contribution in [0.5, 0.6) is 0 Å². The van der Waals surface area contributed by atoms with Gasteiger partial charge in [-0.25, -0.2) is 0 Å². The number of rotatable bonds is 4. The van der Waals surface area contributed by atoms with Crippen molar-refractivity contribution in [3.8, 4) is 0 Å². The van der Waals surface area contributed by atoms with Crippen LogP contribution < -0.4 is 0 Å². The molecule has 0 aliphatic heterocycles. The Bertz CT molecular complexity index is 290. The summed E-state index contributed by atoms with van der Waals surface area (Å²) in [4.78, 5) is 11.2. The van der Waals surface area contributed by atoms with Gasteiger partial charge >= 0.3 is 5.97 Å². The second-order valence-electron chi connectivity index (χ2n) is 3.29. The van der Waals surface area contributed by atoms with Crippen molar-refractivity contribution < 1.29 is 14.6 Å². The molecule has 0 radical (unpaired) electrons. The Morgan fingerprint density at radius 2 is 2.07 bits per heavy atom. The average Bonchev–Trinajstić information content (AvgIpc) is 2.54. The molecular weight excluding hydrogens is 182 g/mol. The molecule has 0 aromatic carbocycles. The van der Waals surface area contributed by atoms with E-state index in [1.165, 1.54) is 0 Å². The van der Waals surface area contributed by atoms with E-state index in [0.29, 0.717) is 6.61 Å². The second-order valence-corrected chi connectivity index (χ2v) is 3.29. The van der Waals surface area contributed by atoms with Crippen LogP contribution in [0.4, 0.5) is 0 Å². The zero-order valence-electron chi connectivity index (χ0n) is 8.43. The van der Waals surface area contributed by atoms with Crippen LogP contribution in [0.15, 0.2) is 24.5 Å². The topological polar surface area (TPSA) is 51.5 Å². The van der Waals surface area contributed by atoms with Crippen LogP contribution in [0.1, 0.15) is 20.3 Å². The van der Waals surface area contributed by atoms with Crippen LogP contribution in [0.2, 0.25) is 0 Å². The van der Waals surface area contributed by atoms with Gasteiger partial charge in [-0.2, -0.15) is 0 Å². The van der Waals surface area contributed by atoms with Gasteiger partial charge in [0, 0.05) is 12.4 Å². The minimum Gasteiger partial charge on any atom is -0.466 e. The summed E-state index contributed by atoms with van der Waals surface area (Å²) in [7, 11) is 0. The Morgan fingerprint density at radius 1 is 1.50 bits per heavy atom. The Morgan fingerprint density at radius 3 is 2.57 bits per heavy atom. The summed E-state index contributed by atoms with van der Waals surface area (Å²) in [6, 6.07) is 3.58. The van der Waals surface area contributed by atoms with Crippen molar-refractivity contribution in [2.45, 2.75) is 26.0 Å². The molecule has 1 N–H and O–H groups in total. The molecule has 1 rings (SSSR count). The maximum atomic E-state index is 11.2. The number of hydrogen-bond acceptors (Lipinski definition) is 3. The number of esters is 1. The van der Waals surface area contributed by atoms with Crippen molar-refractivity contribution in [2.75, 3.05) is 6.61 Å². The largest absolute Gasteiger partial charge is 0.466 e. The van der Waals surface area contributed by atoms with Gasteiger partial charge in [0.25, 0.3) is 0 Å². The van der Waals surface area contributed by atoms with Crippen molar-refractivity contribution in [3.63, 3.8) is 0 Å². The van der Waals surface area contributed by atoms with Crippen molar-refractivity contribution in [2.24, 2.45) is 0 Å². The third kappa shape index (κ3) is 2.60. The van der Waals surface area contributed by atoms with E-state index < -0.39 is 11.7 Å². The predicted molar refractivity (Wildman–Crippen MR) is 51.5 cm³/mol. The molecule has 1 heterocycles. The van der Waals surface area contributed by atoms with E-state index in [1.54, 1.807) is 42.9 Å². The van der Waals surface area contributed by atoms with Crippen molar-refractivity contribution in [3.05, 3.63) is 24.5 Å². The number of aromatic nitrogens is 1. The number of carbonyl (C=O) groups is 1. The molecule has 0 saturated carbocycles. The van der Waals surface area contributed by atoms with Crippen LogP contribution >= 0.6 is 0 Å². The van der Waals surface area contributed by atoms with Gasteiger partial charge < -0.3 is 14.4 Å². The summed E-state index contributed by atoms with van der Waals surface area (Å²) in [5.74, 6) is -0.397. The summed E-state index contributed by atoms with van der Waals surface area (Å²) in [5, 5.41) is 9.93. The number of hydrogen-bond donors (Lipinski definition) is 1. The standard InChI is InChI=1S/C10H15NO3/c1-3-14-9(12)8-10(2,13)11-6-4-5-7-11/h4-7,13H,3,8H2,1-2H3. The van der Waals surface area contributed by atoms with E-state index in [1.807, 2.05) is 0 Å². The normalized spacial score (nSPS) is 14.8. The molecule has 0 amide bonds. The van der Waals surface area contributed by atoms with Gasteiger partial charge in [0.1, 0.15) is 5.72 Å². The van der Waals surface area contributed by atoms with Crippen LogP contribution in [-0.4, -0.2) is 22.2 Å². The summed E-state index contributed by atoms with van der Waals surface area (Å²) < 4.78 is 6.34. The van der Waals surface area contributed by atoms with Crippen LogP contribution in [0.25, 0.3) is 0 Å². The van der Waals surface area contributed by atoms with Gasteiger partial charge in [-0.15, -0.1) is 0 Å². The van der Waals surface area contributed by atoms with Crippen LogP contribution in [-0.2, 0) is 15.3 Å². The highest BCUT2D eigenvalue weighted by Crippen LogP contribution is 2.17. The lowest BCUT2D eigenvalue weighted by molar-refractivity contribution is -0.152. The molecular formula is C10H15NO3. The Labute approximate surface area is 83.1 Å². The van der Waals surface area contributed by atoms with E-state index in [0.717, 1.165) is 0 Å². The minimum atomic E-state index is -1.21. The van der Waals surface area contributed by atoms with Gasteiger partial charge in [-0.05, 0) is 26.0 Å². The molecule has 4 heteroatoms. The monoisotopic (exact) mass is 197 g/mol. The molecule has 0 bridgehead atoms. The summed E-state index contributed by atoms with van der Waals surface area (Å²) in [5.41, 5.74) is -1.21. The first-order chi connectivity index (χ1) is 6.56. The highest BCUT2D eigenvalue weighted by atomic mass is 16.5. The fourth-order valence-electron chi connectivity index (χ4n) is 1.23. The molecule has 1 unspecified atom stereocenters. The zero-order chi connectivity index (χ0) is 10.6. The van der Waals surface area contributed by atoms with Gasteiger partial charge in [-0.1, -0.05) is 0 Å². The minimum absolute atomic E-state index is 0.0461. The van der Waals surface area contributed by atoms with Crippen LogP contribution in [0, 0.1) is 0 Å². The molecule has 4 nitrogen and oxygen atoms in total. The zero-order valence-corrected chi connectivity index (χ0v) is 8.43. The number of carbonyl (C=O) groups excluding carboxylic acids is 1. The van der Waals surface area contributed by atoms with Crippen molar-refractivity contribution >= 4 is 5.97 Å². The Hall–Kier alpha value is -1.29. The summed E-state index contributed by atoms with van der Waals surface area (Å²) in [6.07, 6.45) is 3.37. The highest BCUT2D eigenvalue weighted by molar-refractivity contribution is 5.70. The number of nitrogens with zero attached hydrogens (tertiary/aromatic N) is 1. The second kappa shape index (κ2) is 4.28. The van der Waals surface area contributed by atoms with Gasteiger partial charge in [0.2, 0.25) is 0 Å². The van der Waals surface area contributed by atoms with E-state index in [-0.39, 0.29) is 6.42 Å². The third-order valence-electron chi connectivity index (χ3n) is 1.95. The molecule has 1 atom stereocenters. The van der Waals surface area contributed by atoms with Crippen molar-refractivity contribution in [1.82, 2.24) is 4.57 Å². The maximum absolute atomic E-state index is 11.2. The van der Waals surface area contributed by atoms with Gasteiger partial charge in [-0.3, -0.25) is 4.79 Å². The molecule has 0 aliphatic rings. The highest BCUT2D eigenvalue weighted by Gasteiger charge is 2.26. The first-order valence-electron chi connectivity index (χ1n) is 4.57. The number of aliphatic hydroxyl groups is 1. The lowest BCUT2D eigenvalue weighted by Gasteiger charge is -2.24. The Balaban J connectivity index is 2.63. The maximum Gasteiger partial charge on any atom is 0.310 e. The Kier molecular flexibility index (Phi) is 3.30. The molecule has 0 spiro atoms. The molecule has 14 heavy (non-hydrogen) atoms. The van der Waals surface area contributed by atoms with E-state index >= 15 is 0 Å². The molecule has 78 valence electrons. The fourth-order valence-corrected chi connectivity index (χ4v) is 1.23. The van der Waals surface area contributed by atoms with E-state index in [2.05, 4.69) is 0 Å². The fraction of sp³-hybridized carbons (Fsp3) is 0.500. The van der Waals surface area contributed by atoms with E-state index in [9.17, 15) is 9.90 Å². The van der Waals surface area contributed by atoms with Gasteiger partial charge in [0.05, 0.1) is 13.0 Å². The first kappa shape index (κ1) is 10.8. The summed E-state index contributed by atoms with van der Waals surface area (Å²) in [6.45, 7) is 3.65. The number of ether oxygens (including phenoxy) is 1. The van der Waals surface area contributed by atoms with Gasteiger partial charge in [0.15, 0.2) is 0 Å². The SMILES string of the molecule is CCOC(=O)CC(C)(O)n1cccc1. The lowest BCUT2D eigenvalue weighted by Crippen LogP contribution is -2.32. The molecule has 1 aromatic rings. The smallest absolute Gasteiger partial charge is 0.310 e. The van der Waals surface area contributed by atoms with E-state index in [4.69, 9.17) is 4.74 Å². The average molecular weight is 197 g/mol. The quantitative estimate of drug-likeness (QED) is 0.735. The van der Waals surface area contributed by atoms with Crippen molar-refractivity contribution in [1.29, 1.82) is 0 Å².